The maximum absolute atomic E-state index is 13.0. The Labute approximate surface area is 121 Å². The molecule has 2 N–H and O–H groups in total. The van der Waals surface area contributed by atoms with Crippen molar-refractivity contribution in [2.75, 3.05) is 18.4 Å². The number of amides is 1. The highest BCUT2D eigenvalue weighted by molar-refractivity contribution is 5.96. The van der Waals surface area contributed by atoms with E-state index in [9.17, 15) is 18.0 Å². The van der Waals surface area contributed by atoms with Crippen molar-refractivity contribution in [3.8, 4) is 0 Å². The minimum Gasteiger partial charge on any atom is -0.325 e. The number of nitrogens with one attached hydrogen (secondary N) is 2. The Kier molecular flexibility index (Phi) is 4.56. The summed E-state index contributed by atoms with van der Waals surface area (Å²) in [5.74, 6) is -0.316. The number of piperidine rings is 1. The van der Waals surface area contributed by atoms with Crippen molar-refractivity contribution in [2.45, 2.75) is 32.4 Å². The number of carbonyl (C=O) groups excluding carboxylic acids is 1. The van der Waals surface area contributed by atoms with Gasteiger partial charge in [-0.3, -0.25) is 4.79 Å². The third-order valence-electron chi connectivity index (χ3n) is 4.20. The Hall–Kier alpha value is -1.56. The third-order valence-corrected chi connectivity index (χ3v) is 4.20. The molecule has 1 saturated heterocycles. The highest BCUT2D eigenvalue weighted by atomic mass is 19.4. The van der Waals surface area contributed by atoms with Gasteiger partial charge in [0, 0.05) is 0 Å². The Bertz CT molecular complexity index is 508. The molecule has 0 bridgehead atoms. The van der Waals surface area contributed by atoms with Crippen LogP contribution in [0.2, 0.25) is 0 Å². The maximum Gasteiger partial charge on any atom is 0.418 e. The number of hydrogen-bond acceptors (Lipinski definition) is 2. The minimum atomic E-state index is -4.47. The van der Waals surface area contributed by atoms with Crippen molar-refractivity contribution in [2.24, 2.45) is 5.41 Å². The van der Waals surface area contributed by atoms with E-state index in [-0.39, 0.29) is 11.6 Å². The molecule has 2 rings (SSSR count). The molecule has 1 aliphatic heterocycles. The fraction of sp³-hybridized carbons (Fsp3) is 0.533. The van der Waals surface area contributed by atoms with E-state index in [0.717, 1.165) is 6.07 Å². The molecule has 6 heteroatoms. The first-order chi connectivity index (χ1) is 9.89. The molecule has 1 amide bonds. The lowest BCUT2D eigenvalue weighted by Gasteiger charge is -2.35. The Morgan fingerprint density at radius 1 is 1.29 bits per heavy atom. The summed E-state index contributed by atoms with van der Waals surface area (Å²) >= 11 is 0. The summed E-state index contributed by atoms with van der Waals surface area (Å²) in [4.78, 5) is 12.5. The second kappa shape index (κ2) is 6.05. The second-order valence-corrected chi connectivity index (χ2v) is 5.38. The van der Waals surface area contributed by atoms with Crippen LogP contribution in [0.25, 0.3) is 0 Å². The van der Waals surface area contributed by atoms with Crippen LogP contribution in [-0.4, -0.2) is 19.0 Å². The van der Waals surface area contributed by atoms with E-state index in [4.69, 9.17) is 0 Å². The number of halogens is 3. The summed E-state index contributed by atoms with van der Waals surface area (Å²) in [7, 11) is 0. The Morgan fingerprint density at radius 2 is 1.90 bits per heavy atom. The molecule has 21 heavy (non-hydrogen) atoms. The van der Waals surface area contributed by atoms with Crippen molar-refractivity contribution >= 4 is 11.6 Å². The Balaban J connectivity index is 2.23. The van der Waals surface area contributed by atoms with Gasteiger partial charge in [0.1, 0.15) is 0 Å². The number of rotatable bonds is 3. The first kappa shape index (κ1) is 15.8. The van der Waals surface area contributed by atoms with Gasteiger partial charge in [0.05, 0.1) is 16.7 Å². The highest BCUT2D eigenvalue weighted by Crippen LogP contribution is 2.37. The monoisotopic (exact) mass is 300 g/mol. The zero-order valence-electron chi connectivity index (χ0n) is 11.9. The van der Waals surface area contributed by atoms with Gasteiger partial charge < -0.3 is 10.6 Å². The molecule has 0 radical (unpaired) electrons. The van der Waals surface area contributed by atoms with E-state index in [1.165, 1.54) is 18.2 Å². The molecule has 0 spiro atoms. The van der Waals surface area contributed by atoms with Crippen molar-refractivity contribution in [1.82, 2.24) is 5.32 Å². The molecule has 0 aliphatic carbocycles. The van der Waals surface area contributed by atoms with E-state index in [0.29, 0.717) is 32.4 Å². The Morgan fingerprint density at radius 3 is 2.48 bits per heavy atom. The van der Waals surface area contributed by atoms with Crippen LogP contribution >= 0.6 is 0 Å². The van der Waals surface area contributed by atoms with E-state index >= 15 is 0 Å². The molecule has 0 unspecified atom stereocenters. The highest BCUT2D eigenvalue weighted by Gasteiger charge is 2.39. The molecule has 1 aliphatic rings. The molecule has 1 aromatic rings. The van der Waals surface area contributed by atoms with E-state index in [1.54, 1.807) is 0 Å². The van der Waals surface area contributed by atoms with Crippen LogP contribution in [0.1, 0.15) is 31.7 Å². The van der Waals surface area contributed by atoms with Crippen LogP contribution in [0.4, 0.5) is 18.9 Å². The summed E-state index contributed by atoms with van der Waals surface area (Å²) in [6, 6.07) is 5.09. The summed E-state index contributed by atoms with van der Waals surface area (Å²) in [6.07, 6.45) is -2.57. The maximum atomic E-state index is 13.0. The van der Waals surface area contributed by atoms with Crippen LogP contribution in [0.5, 0.6) is 0 Å². The number of carbonyl (C=O) groups is 1. The minimum absolute atomic E-state index is 0.165. The van der Waals surface area contributed by atoms with Gasteiger partial charge in [0.25, 0.3) is 0 Å². The van der Waals surface area contributed by atoms with Crippen molar-refractivity contribution in [1.29, 1.82) is 0 Å². The largest absolute Gasteiger partial charge is 0.418 e. The number of hydrogen-bond donors (Lipinski definition) is 2. The van der Waals surface area contributed by atoms with Crippen LogP contribution in [-0.2, 0) is 11.0 Å². The third kappa shape index (κ3) is 3.37. The first-order valence-electron chi connectivity index (χ1n) is 7.07. The van der Waals surface area contributed by atoms with Gasteiger partial charge in [-0.2, -0.15) is 13.2 Å². The average Bonchev–Trinajstić information content (AvgIpc) is 2.47. The van der Waals surface area contributed by atoms with E-state index in [2.05, 4.69) is 10.6 Å². The standard InChI is InChI=1S/C15H19F3N2O/c1-2-14(7-9-19-10-8-14)13(21)20-12-6-4-3-5-11(12)15(16,17)18/h3-6,19H,2,7-10H2,1H3,(H,20,21). The van der Waals surface area contributed by atoms with Gasteiger partial charge >= 0.3 is 6.18 Å². The molecular formula is C15H19F3N2O. The van der Waals surface area contributed by atoms with Crippen molar-refractivity contribution < 1.29 is 18.0 Å². The van der Waals surface area contributed by atoms with E-state index in [1.807, 2.05) is 6.92 Å². The molecule has 1 fully saturated rings. The summed E-state index contributed by atoms with van der Waals surface area (Å²) in [5, 5.41) is 5.66. The van der Waals surface area contributed by atoms with Crippen molar-refractivity contribution in [3.05, 3.63) is 29.8 Å². The lowest BCUT2D eigenvalue weighted by molar-refractivity contribution is -0.137. The molecule has 0 aromatic heterocycles. The number of benzene rings is 1. The second-order valence-electron chi connectivity index (χ2n) is 5.38. The molecule has 0 atom stereocenters. The van der Waals surface area contributed by atoms with Crippen LogP contribution in [0.3, 0.4) is 0 Å². The molecule has 3 nitrogen and oxygen atoms in total. The van der Waals surface area contributed by atoms with Gasteiger partial charge in [-0.05, 0) is 44.5 Å². The average molecular weight is 300 g/mol. The summed E-state index contributed by atoms with van der Waals surface area (Å²) in [5.41, 5.74) is -1.55. The summed E-state index contributed by atoms with van der Waals surface area (Å²) in [6.45, 7) is 3.32. The number of alkyl halides is 3. The first-order valence-corrected chi connectivity index (χ1v) is 7.07. The SMILES string of the molecule is CCC1(C(=O)Nc2ccccc2C(F)(F)F)CCNCC1. The molecule has 1 heterocycles. The fourth-order valence-electron chi connectivity index (χ4n) is 2.74. The lowest BCUT2D eigenvalue weighted by Crippen LogP contribution is -2.44. The molecule has 1 aromatic carbocycles. The predicted octanol–water partition coefficient (Wildman–Crippen LogP) is 3.42. The van der Waals surface area contributed by atoms with Gasteiger partial charge in [0.15, 0.2) is 0 Å². The normalized spacial score (nSPS) is 18.3. The molecule has 116 valence electrons. The lowest BCUT2D eigenvalue weighted by atomic mass is 9.76. The quantitative estimate of drug-likeness (QED) is 0.898. The summed E-state index contributed by atoms with van der Waals surface area (Å²) < 4.78 is 38.9. The zero-order chi connectivity index (χ0) is 15.5. The predicted molar refractivity (Wildman–Crippen MR) is 74.9 cm³/mol. The van der Waals surface area contributed by atoms with Crippen LogP contribution in [0.15, 0.2) is 24.3 Å². The van der Waals surface area contributed by atoms with Gasteiger partial charge in [-0.1, -0.05) is 19.1 Å². The number of anilines is 1. The van der Waals surface area contributed by atoms with Crippen molar-refractivity contribution in [3.63, 3.8) is 0 Å². The van der Waals surface area contributed by atoms with Crippen LogP contribution < -0.4 is 10.6 Å². The van der Waals surface area contributed by atoms with E-state index < -0.39 is 17.2 Å². The number of para-hydroxylation sites is 1. The fourth-order valence-corrected chi connectivity index (χ4v) is 2.74. The van der Waals surface area contributed by atoms with Gasteiger partial charge in [-0.15, -0.1) is 0 Å². The smallest absolute Gasteiger partial charge is 0.325 e. The van der Waals surface area contributed by atoms with Gasteiger partial charge in [0.2, 0.25) is 5.91 Å². The zero-order valence-corrected chi connectivity index (χ0v) is 11.9. The topological polar surface area (TPSA) is 41.1 Å². The van der Waals surface area contributed by atoms with Crippen LogP contribution in [0, 0.1) is 5.41 Å². The van der Waals surface area contributed by atoms with Gasteiger partial charge in [-0.25, -0.2) is 0 Å². The molecular weight excluding hydrogens is 281 g/mol. The molecule has 0 saturated carbocycles.